The first-order valence-corrected chi connectivity index (χ1v) is 5.80. The lowest BCUT2D eigenvalue weighted by Gasteiger charge is -2.06. The molecule has 0 aliphatic heterocycles. The average molecular weight is 327 g/mol. The van der Waals surface area contributed by atoms with Crippen molar-refractivity contribution in [1.82, 2.24) is 0 Å². The van der Waals surface area contributed by atoms with E-state index in [0.717, 1.165) is 18.2 Å². The van der Waals surface area contributed by atoms with Crippen molar-refractivity contribution in [3.8, 4) is 5.75 Å². The molecule has 0 aliphatic rings. The molecule has 0 spiro atoms. The molecule has 8 heteroatoms. The zero-order valence-corrected chi connectivity index (χ0v) is 10.9. The number of aromatic hydroxyl groups is 1. The van der Waals surface area contributed by atoms with E-state index in [4.69, 9.17) is 4.42 Å². The first-order chi connectivity index (χ1) is 8.99. The van der Waals surface area contributed by atoms with Crippen LogP contribution in [-0.4, -0.2) is 15.9 Å². The van der Waals surface area contributed by atoms with Crippen LogP contribution in [0, 0.1) is 10.1 Å². The van der Waals surface area contributed by atoms with Crippen molar-refractivity contribution in [3.05, 3.63) is 50.9 Å². The summed E-state index contributed by atoms with van der Waals surface area (Å²) in [5.41, 5.74) is -0.0717. The fraction of sp³-hybridized carbons (Fsp3) is 0. The molecular weight excluding hydrogens is 320 g/mol. The molecule has 1 amide bonds. The lowest BCUT2D eigenvalue weighted by Crippen LogP contribution is -2.11. The fourth-order valence-corrected chi connectivity index (χ4v) is 1.80. The number of carbonyl (C=O) groups excluding carboxylic acids is 1. The lowest BCUT2D eigenvalue weighted by atomic mass is 10.2. The molecule has 0 saturated heterocycles. The number of phenols is 1. The third kappa shape index (κ3) is 2.74. The molecule has 1 aromatic carbocycles. The Morgan fingerprint density at radius 3 is 2.74 bits per heavy atom. The van der Waals surface area contributed by atoms with Gasteiger partial charge in [-0.1, -0.05) is 0 Å². The molecule has 1 aromatic heterocycles. The van der Waals surface area contributed by atoms with E-state index in [9.17, 15) is 20.0 Å². The van der Waals surface area contributed by atoms with Crippen molar-refractivity contribution < 1.29 is 19.2 Å². The summed E-state index contributed by atoms with van der Waals surface area (Å²) in [6.07, 6.45) is 1.31. The quantitative estimate of drug-likeness (QED) is 0.512. The number of phenolic OH excluding ortho intramolecular Hbond substituents is 1. The Morgan fingerprint density at radius 1 is 1.42 bits per heavy atom. The Bertz CT molecular complexity index is 652. The second kappa shape index (κ2) is 5.11. The highest BCUT2D eigenvalue weighted by Gasteiger charge is 2.16. The standard InChI is InChI=1S/C11H7BrN2O5/c12-10-7(3-4-19-10)11(16)13-8-5-6(14(17)18)1-2-9(8)15/h1-5,15H,(H,13,16). The monoisotopic (exact) mass is 326 g/mol. The van der Waals surface area contributed by atoms with Gasteiger partial charge in [0.2, 0.25) is 0 Å². The molecule has 0 aliphatic carbocycles. The zero-order chi connectivity index (χ0) is 14.0. The largest absolute Gasteiger partial charge is 0.506 e. The minimum atomic E-state index is -0.622. The molecule has 7 nitrogen and oxygen atoms in total. The molecule has 0 atom stereocenters. The van der Waals surface area contributed by atoms with Gasteiger partial charge in [-0.15, -0.1) is 0 Å². The summed E-state index contributed by atoms with van der Waals surface area (Å²) < 4.78 is 5.13. The van der Waals surface area contributed by atoms with Gasteiger partial charge in [-0.05, 0) is 28.1 Å². The third-order valence-electron chi connectivity index (χ3n) is 2.30. The lowest BCUT2D eigenvalue weighted by molar-refractivity contribution is -0.384. The van der Waals surface area contributed by atoms with Crippen molar-refractivity contribution in [2.75, 3.05) is 5.32 Å². The van der Waals surface area contributed by atoms with Crippen LogP contribution < -0.4 is 5.32 Å². The van der Waals surface area contributed by atoms with Gasteiger partial charge in [0, 0.05) is 12.1 Å². The predicted octanol–water partition coefficient (Wildman–Crippen LogP) is 2.91. The van der Waals surface area contributed by atoms with Crippen LogP contribution in [0.15, 0.2) is 39.6 Å². The SMILES string of the molecule is O=C(Nc1cc([N+](=O)[O-])ccc1O)c1ccoc1Br. The van der Waals surface area contributed by atoms with E-state index in [0.29, 0.717) is 0 Å². The van der Waals surface area contributed by atoms with Crippen LogP contribution >= 0.6 is 15.9 Å². The summed E-state index contributed by atoms with van der Waals surface area (Å²) in [7, 11) is 0. The van der Waals surface area contributed by atoms with Crippen LogP contribution in [0.3, 0.4) is 0 Å². The predicted molar refractivity (Wildman–Crippen MR) is 69.1 cm³/mol. The number of carbonyl (C=O) groups is 1. The number of benzene rings is 1. The van der Waals surface area contributed by atoms with E-state index >= 15 is 0 Å². The fourth-order valence-electron chi connectivity index (χ4n) is 1.38. The van der Waals surface area contributed by atoms with Crippen LogP contribution in [0.25, 0.3) is 0 Å². The van der Waals surface area contributed by atoms with Crippen LogP contribution in [-0.2, 0) is 0 Å². The Labute approximate surface area is 115 Å². The number of hydrogen-bond donors (Lipinski definition) is 2. The normalized spacial score (nSPS) is 10.2. The molecule has 2 aromatic rings. The third-order valence-corrected chi connectivity index (χ3v) is 2.92. The van der Waals surface area contributed by atoms with Crippen LogP contribution in [0.4, 0.5) is 11.4 Å². The number of hydrogen-bond acceptors (Lipinski definition) is 5. The van der Waals surface area contributed by atoms with E-state index in [1.54, 1.807) is 0 Å². The maximum Gasteiger partial charge on any atom is 0.271 e. The number of amides is 1. The van der Waals surface area contributed by atoms with Crippen LogP contribution in [0.1, 0.15) is 10.4 Å². The maximum atomic E-state index is 11.8. The number of halogens is 1. The van der Waals surface area contributed by atoms with Crippen LogP contribution in [0.5, 0.6) is 5.75 Å². The van der Waals surface area contributed by atoms with E-state index < -0.39 is 10.8 Å². The van der Waals surface area contributed by atoms with Gasteiger partial charge in [0.1, 0.15) is 5.75 Å². The Balaban J connectivity index is 2.28. The van der Waals surface area contributed by atoms with Crippen molar-refractivity contribution in [2.45, 2.75) is 0 Å². The number of nitro benzene ring substituents is 1. The number of anilines is 1. The van der Waals surface area contributed by atoms with Gasteiger partial charge in [0.25, 0.3) is 11.6 Å². The van der Waals surface area contributed by atoms with E-state index in [1.165, 1.54) is 12.3 Å². The van der Waals surface area contributed by atoms with Gasteiger partial charge in [-0.25, -0.2) is 0 Å². The summed E-state index contributed by atoms with van der Waals surface area (Å²) >= 11 is 3.04. The Morgan fingerprint density at radius 2 is 2.16 bits per heavy atom. The van der Waals surface area contributed by atoms with Crippen LogP contribution in [0.2, 0.25) is 0 Å². The van der Waals surface area contributed by atoms with Gasteiger partial charge in [-0.3, -0.25) is 14.9 Å². The highest BCUT2D eigenvalue weighted by molar-refractivity contribution is 9.10. The zero-order valence-electron chi connectivity index (χ0n) is 9.29. The summed E-state index contributed by atoms with van der Waals surface area (Å²) in [5, 5.41) is 22.5. The van der Waals surface area contributed by atoms with E-state index in [1.807, 2.05) is 0 Å². The summed E-state index contributed by atoms with van der Waals surface area (Å²) in [5.74, 6) is -0.824. The van der Waals surface area contributed by atoms with Gasteiger partial charge in [-0.2, -0.15) is 0 Å². The molecule has 0 fully saturated rings. The first-order valence-electron chi connectivity index (χ1n) is 5.01. The summed E-state index contributed by atoms with van der Waals surface area (Å²) in [4.78, 5) is 21.8. The van der Waals surface area contributed by atoms with Gasteiger partial charge in [0.15, 0.2) is 4.67 Å². The molecule has 19 heavy (non-hydrogen) atoms. The highest BCUT2D eigenvalue weighted by Crippen LogP contribution is 2.29. The molecule has 98 valence electrons. The van der Waals surface area contributed by atoms with Gasteiger partial charge < -0.3 is 14.8 Å². The van der Waals surface area contributed by atoms with Crippen molar-refractivity contribution in [1.29, 1.82) is 0 Å². The molecule has 0 saturated carbocycles. The number of nitrogens with one attached hydrogen (secondary N) is 1. The number of nitro groups is 1. The minimum Gasteiger partial charge on any atom is -0.506 e. The average Bonchev–Trinajstić information content (AvgIpc) is 2.78. The number of non-ortho nitro benzene ring substituents is 1. The van der Waals surface area contributed by atoms with Crippen molar-refractivity contribution in [3.63, 3.8) is 0 Å². The smallest absolute Gasteiger partial charge is 0.271 e. The summed E-state index contributed by atoms with van der Waals surface area (Å²) in [6, 6.07) is 4.77. The highest BCUT2D eigenvalue weighted by atomic mass is 79.9. The number of rotatable bonds is 3. The molecule has 1 heterocycles. The molecule has 0 radical (unpaired) electrons. The summed E-state index contributed by atoms with van der Waals surface area (Å²) in [6.45, 7) is 0. The van der Waals surface area contributed by atoms with Gasteiger partial charge in [0.05, 0.1) is 22.4 Å². The van der Waals surface area contributed by atoms with Gasteiger partial charge >= 0.3 is 0 Å². The molecule has 2 N–H and O–H groups in total. The number of nitrogens with zero attached hydrogens (tertiary/aromatic N) is 1. The minimum absolute atomic E-state index is 0.0488. The topological polar surface area (TPSA) is 106 Å². The second-order valence-corrected chi connectivity index (χ2v) is 4.24. The Hall–Kier alpha value is -2.35. The second-order valence-electron chi connectivity index (χ2n) is 3.52. The maximum absolute atomic E-state index is 11.8. The van der Waals surface area contributed by atoms with E-state index in [2.05, 4.69) is 21.2 Å². The number of furan rings is 1. The molecule has 2 rings (SSSR count). The molecule has 0 unspecified atom stereocenters. The van der Waals surface area contributed by atoms with E-state index in [-0.39, 0.29) is 27.4 Å². The molecule has 0 bridgehead atoms. The molecular formula is C11H7BrN2O5. The first kappa shape index (κ1) is 13.1. The Kier molecular flexibility index (Phi) is 3.52. The van der Waals surface area contributed by atoms with Crippen molar-refractivity contribution in [2.24, 2.45) is 0 Å². The van der Waals surface area contributed by atoms with Crippen molar-refractivity contribution >= 4 is 33.2 Å².